The highest BCUT2D eigenvalue weighted by Gasteiger charge is 2.20. The summed E-state index contributed by atoms with van der Waals surface area (Å²) in [4.78, 5) is 12.2. The molecule has 0 unspecified atom stereocenters. The Hall–Kier alpha value is -2.29. The average Bonchev–Trinajstić information content (AvgIpc) is 2.50. The van der Waals surface area contributed by atoms with Crippen LogP contribution >= 0.6 is 0 Å². The maximum Gasteiger partial charge on any atom is 0.349 e. The van der Waals surface area contributed by atoms with Crippen molar-refractivity contribution in [2.45, 2.75) is 47.0 Å². The van der Waals surface area contributed by atoms with Gasteiger partial charge in [-0.2, -0.15) is 0 Å². The Morgan fingerprint density at radius 1 is 0.958 bits per heavy atom. The first-order valence-corrected chi connectivity index (χ1v) is 8.20. The third-order valence-corrected chi connectivity index (χ3v) is 4.13. The lowest BCUT2D eigenvalue weighted by Gasteiger charge is -2.22. The average molecular weight is 326 g/mol. The predicted molar refractivity (Wildman–Crippen MR) is 96.9 cm³/mol. The van der Waals surface area contributed by atoms with E-state index < -0.39 is 5.97 Å². The second kappa shape index (κ2) is 7.08. The zero-order chi connectivity index (χ0) is 17.9. The van der Waals surface area contributed by atoms with E-state index in [0.29, 0.717) is 5.75 Å². The summed E-state index contributed by atoms with van der Waals surface area (Å²) in [5.41, 5.74) is 4.11. The van der Waals surface area contributed by atoms with Crippen LogP contribution in [-0.2, 0) is 10.2 Å². The fourth-order valence-electron chi connectivity index (χ4n) is 2.61. The molecule has 0 aliphatic heterocycles. The monoisotopic (exact) mass is 326 g/mol. The largest absolute Gasteiger partial charge is 0.481 e. The van der Waals surface area contributed by atoms with Gasteiger partial charge in [0.05, 0.1) is 0 Å². The minimum absolute atomic E-state index is 0.0958. The molecule has 0 amide bonds. The number of carbonyl (C=O) groups excluding carboxylic acids is 1. The Morgan fingerprint density at radius 3 is 2.25 bits per heavy atom. The number of aryl methyl sites for hydroxylation is 2. The van der Waals surface area contributed by atoms with E-state index in [1.807, 2.05) is 51.1 Å². The molecule has 2 aromatic carbocycles. The van der Waals surface area contributed by atoms with Crippen LogP contribution in [0.1, 0.15) is 43.0 Å². The maximum absolute atomic E-state index is 12.2. The quantitative estimate of drug-likeness (QED) is 0.592. The molecule has 0 N–H and O–H groups in total. The van der Waals surface area contributed by atoms with Crippen LogP contribution in [0.25, 0.3) is 0 Å². The molecule has 24 heavy (non-hydrogen) atoms. The number of carbonyl (C=O) groups is 1. The van der Waals surface area contributed by atoms with Crippen LogP contribution in [0.5, 0.6) is 11.5 Å². The van der Waals surface area contributed by atoms with Gasteiger partial charge in [-0.3, -0.25) is 0 Å². The molecule has 0 fully saturated rings. The van der Waals surface area contributed by atoms with E-state index in [2.05, 4.69) is 26.8 Å². The van der Waals surface area contributed by atoms with Crippen LogP contribution in [0.3, 0.4) is 0 Å². The van der Waals surface area contributed by atoms with Crippen LogP contribution in [0, 0.1) is 20.8 Å². The number of hydrogen-bond acceptors (Lipinski definition) is 3. The van der Waals surface area contributed by atoms with Gasteiger partial charge in [-0.1, -0.05) is 51.1 Å². The van der Waals surface area contributed by atoms with Gasteiger partial charge in [0, 0.05) is 5.56 Å². The van der Waals surface area contributed by atoms with E-state index >= 15 is 0 Å². The molecule has 0 saturated carbocycles. The van der Waals surface area contributed by atoms with Gasteiger partial charge in [-0.15, -0.1) is 0 Å². The van der Waals surface area contributed by atoms with Crippen molar-refractivity contribution < 1.29 is 14.3 Å². The zero-order valence-electron chi connectivity index (χ0n) is 15.4. The molecule has 0 atom stereocenters. The normalized spacial score (nSPS) is 11.2. The third-order valence-electron chi connectivity index (χ3n) is 4.13. The van der Waals surface area contributed by atoms with Crippen molar-refractivity contribution in [2.24, 2.45) is 0 Å². The Morgan fingerprint density at radius 2 is 1.58 bits per heavy atom. The van der Waals surface area contributed by atoms with Gasteiger partial charge < -0.3 is 9.47 Å². The van der Waals surface area contributed by atoms with E-state index in [1.54, 1.807) is 0 Å². The maximum atomic E-state index is 12.2. The molecule has 0 saturated heterocycles. The zero-order valence-corrected chi connectivity index (χ0v) is 15.4. The number of esters is 1. The number of rotatable bonds is 4. The van der Waals surface area contributed by atoms with Gasteiger partial charge in [-0.05, 0) is 48.9 Å². The molecule has 2 rings (SSSR count). The predicted octanol–water partition coefficient (Wildman–Crippen LogP) is 4.89. The van der Waals surface area contributed by atoms with E-state index in [-0.39, 0.29) is 12.0 Å². The summed E-state index contributed by atoms with van der Waals surface area (Å²) >= 11 is 0. The van der Waals surface area contributed by atoms with E-state index in [1.165, 1.54) is 0 Å². The van der Waals surface area contributed by atoms with Gasteiger partial charge >= 0.3 is 5.97 Å². The summed E-state index contributed by atoms with van der Waals surface area (Å²) in [5.74, 6) is 0.958. The molecule has 0 radical (unpaired) electrons. The van der Waals surface area contributed by atoms with Crippen molar-refractivity contribution in [2.75, 3.05) is 6.61 Å². The third kappa shape index (κ3) is 4.16. The molecular formula is C21H26O3. The molecule has 0 aromatic heterocycles. The first-order chi connectivity index (χ1) is 11.2. The summed E-state index contributed by atoms with van der Waals surface area (Å²) in [7, 11) is 0. The van der Waals surface area contributed by atoms with Crippen molar-refractivity contribution in [3.05, 3.63) is 58.7 Å². The van der Waals surface area contributed by atoms with Gasteiger partial charge in [0.15, 0.2) is 6.61 Å². The molecule has 0 bridgehead atoms. The summed E-state index contributed by atoms with van der Waals surface area (Å²) in [6.45, 7) is 12.2. The van der Waals surface area contributed by atoms with Gasteiger partial charge in [-0.25, -0.2) is 4.79 Å². The van der Waals surface area contributed by atoms with Crippen LogP contribution in [0.2, 0.25) is 0 Å². The number of ether oxygens (including phenoxy) is 2. The Kier molecular flexibility index (Phi) is 5.33. The van der Waals surface area contributed by atoms with E-state index in [0.717, 1.165) is 28.0 Å². The number of hydrogen-bond donors (Lipinski definition) is 0. The summed E-state index contributed by atoms with van der Waals surface area (Å²) in [5, 5.41) is 0. The molecule has 0 aliphatic carbocycles. The summed E-state index contributed by atoms with van der Waals surface area (Å²) in [6, 6.07) is 11.7. The molecule has 3 nitrogen and oxygen atoms in total. The van der Waals surface area contributed by atoms with E-state index in [4.69, 9.17) is 9.47 Å². The van der Waals surface area contributed by atoms with Crippen molar-refractivity contribution >= 4 is 5.97 Å². The second-order valence-electron chi connectivity index (χ2n) is 7.16. The SMILES string of the molecule is Cc1ccc(C)c(OCC(=O)Oc2ccccc2C(C)(C)C)c1C. The van der Waals surface area contributed by atoms with Gasteiger partial charge in [0.2, 0.25) is 0 Å². The van der Waals surface area contributed by atoms with Crippen LogP contribution in [0.4, 0.5) is 0 Å². The number of para-hydroxylation sites is 1. The highest BCUT2D eigenvalue weighted by molar-refractivity contribution is 5.74. The molecule has 2 aromatic rings. The minimum Gasteiger partial charge on any atom is -0.481 e. The molecule has 128 valence electrons. The first-order valence-electron chi connectivity index (χ1n) is 8.20. The van der Waals surface area contributed by atoms with Gasteiger partial charge in [0.25, 0.3) is 0 Å². The lowest BCUT2D eigenvalue weighted by molar-refractivity contribution is -0.136. The molecule has 0 spiro atoms. The van der Waals surface area contributed by atoms with Crippen molar-refractivity contribution in [3.63, 3.8) is 0 Å². The first kappa shape index (κ1) is 18.1. The second-order valence-corrected chi connectivity index (χ2v) is 7.16. The summed E-state index contributed by atoms with van der Waals surface area (Å²) < 4.78 is 11.3. The Bertz CT molecular complexity index is 739. The van der Waals surface area contributed by atoms with Crippen LogP contribution in [-0.4, -0.2) is 12.6 Å². The number of benzene rings is 2. The summed E-state index contributed by atoms with van der Waals surface area (Å²) in [6.07, 6.45) is 0. The smallest absolute Gasteiger partial charge is 0.349 e. The highest BCUT2D eigenvalue weighted by Crippen LogP contribution is 2.31. The van der Waals surface area contributed by atoms with Crippen LogP contribution < -0.4 is 9.47 Å². The van der Waals surface area contributed by atoms with Crippen LogP contribution in [0.15, 0.2) is 36.4 Å². The van der Waals surface area contributed by atoms with Crippen molar-refractivity contribution in [1.29, 1.82) is 0 Å². The molecule has 0 heterocycles. The van der Waals surface area contributed by atoms with Crippen molar-refractivity contribution in [3.8, 4) is 11.5 Å². The van der Waals surface area contributed by atoms with Gasteiger partial charge in [0.1, 0.15) is 11.5 Å². The fraction of sp³-hybridized carbons (Fsp3) is 0.381. The molecular weight excluding hydrogens is 300 g/mol. The topological polar surface area (TPSA) is 35.5 Å². The fourth-order valence-corrected chi connectivity index (χ4v) is 2.61. The molecule has 3 heteroatoms. The lowest BCUT2D eigenvalue weighted by Crippen LogP contribution is -2.21. The lowest BCUT2D eigenvalue weighted by atomic mass is 9.86. The van der Waals surface area contributed by atoms with Crippen molar-refractivity contribution in [1.82, 2.24) is 0 Å². The standard InChI is InChI=1S/C21H26O3/c1-14-11-12-15(2)20(16(14)3)23-13-19(22)24-18-10-8-7-9-17(18)21(4,5)6/h7-12H,13H2,1-6H3. The Balaban J connectivity index is 2.10. The molecule has 0 aliphatic rings. The highest BCUT2D eigenvalue weighted by atomic mass is 16.6. The Labute approximate surface area is 144 Å². The minimum atomic E-state index is -0.396. The van der Waals surface area contributed by atoms with E-state index in [9.17, 15) is 4.79 Å².